The van der Waals surface area contributed by atoms with Crippen molar-refractivity contribution in [2.75, 3.05) is 32.8 Å². The van der Waals surface area contributed by atoms with E-state index in [0.717, 1.165) is 25.7 Å². The molecule has 5 heteroatoms. The third kappa shape index (κ3) is 4.78. The van der Waals surface area contributed by atoms with E-state index in [1.807, 2.05) is 0 Å². The first-order chi connectivity index (χ1) is 8.51. The molecule has 3 nitrogen and oxygen atoms in total. The van der Waals surface area contributed by atoms with Crippen LogP contribution in [0, 0.1) is 11.3 Å². The van der Waals surface area contributed by atoms with Crippen molar-refractivity contribution in [1.82, 2.24) is 4.90 Å². The number of halogens is 2. The molecule has 1 saturated carbocycles. The lowest BCUT2D eigenvalue weighted by atomic mass is 9.70. The van der Waals surface area contributed by atoms with Gasteiger partial charge in [0.1, 0.15) is 0 Å². The Kier molecular flexibility index (Phi) is 6.46. The van der Waals surface area contributed by atoms with Crippen molar-refractivity contribution in [2.45, 2.75) is 39.0 Å². The molecule has 0 heterocycles. The summed E-state index contributed by atoms with van der Waals surface area (Å²) in [6.45, 7) is 2.45. The second-order valence-corrected chi connectivity index (χ2v) is 5.71. The fourth-order valence-corrected chi connectivity index (χ4v) is 3.15. The molecule has 108 valence electrons. The average Bonchev–Trinajstić information content (AvgIpc) is 2.28. The zero-order valence-corrected chi connectivity index (χ0v) is 11.1. The van der Waals surface area contributed by atoms with E-state index in [9.17, 15) is 13.9 Å². The minimum absolute atomic E-state index is 0.0442. The van der Waals surface area contributed by atoms with Crippen molar-refractivity contribution in [3.63, 3.8) is 0 Å². The lowest BCUT2D eigenvalue weighted by molar-refractivity contribution is -0.00104. The fourth-order valence-electron chi connectivity index (χ4n) is 3.15. The highest BCUT2D eigenvalue weighted by molar-refractivity contribution is 4.87. The molecule has 0 aromatic heterocycles. The third-order valence-electron chi connectivity index (χ3n) is 3.89. The largest absolute Gasteiger partial charge is 0.396 e. The molecule has 2 N–H and O–H groups in total. The number of aliphatic hydroxyl groups excluding tert-OH is 2. The topological polar surface area (TPSA) is 43.7 Å². The van der Waals surface area contributed by atoms with Crippen molar-refractivity contribution < 1.29 is 19.0 Å². The van der Waals surface area contributed by atoms with Crippen LogP contribution in [0.2, 0.25) is 0 Å². The van der Waals surface area contributed by atoms with Crippen molar-refractivity contribution in [1.29, 1.82) is 0 Å². The number of hydrogen-bond acceptors (Lipinski definition) is 3. The van der Waals surface area contributed by atoms with Crippen LogP contribution in [0.5, 0.6) is 0 Å². The van der Waals surface area contributed by atoms with Gasteiger partial charge < -0.3 is 10.2 Å². The lowest BCUT2D eigenvalue weighted by Gasteiger charge is -2.42. The first kappa shape index (κ1) is 15.8. The predicted molar refractivity (Wildman–Crippen MR) is 66.7 cm³/mol. The molecule has 0 aliphatic heterocycles. The van der Waals surface area contributed by atoms with Gasteiger partial charge in [0.15, 0.2) is 0 Å². The van der Waals surface area contributed by atoms with Crippen LogP contribution in [0.3, 0.4) is 0 Å². The summed E-state index contributed by atoms with van der Waals surface area (Å²) in [4.78, 5) is 1.58. The molecule has 1 rings (SSSR count). The second kappa shape index (κ2) is 7.36. The summed E-state index contributed by atoms with van der Waals surface area (Å²) >= 11 is 0. The molecule has 2 atom stereocenters. The fraction of sp³-hybridized carbons (Fsp3) is 1.00. The average molecular weight is 265 g/mol. The highest BCUT2D eigenvalue weighted by Gasteiger charge is 2.36. The Morgan fingerprint density at radius 2 is 2.11 bits per heavy atom. The van der Waals surface area contributed by atoms with Crippen LogP contribution in [-0.2, 0) is 0 Å². The van der Waals surface area contributed by atoms with Gasteiger partial charge in [0.2, 0.25) is 0 Å². The highest BCUT2D eigenvalue weighted by atomic mass is 19.3. The molecule has 0 saturated heterocycles. The van der Waals surface area contributed by atoms with E-state index in [2.05, 4.69) is 6.92 Å². The minimum Gasteiger partial charge on any atom is -0.396 e. The SMILES string of the molecule is CC1CCCC(CO)(CN(CCO)CC(F)F)C1. The van der Waals surface area contributed by atoms with Crippen LogP contribution in [0.15, 0.2) is 0 Å². The summed E-state index contributed by atoms with van der Waals surface area (Å²) in [5, 5.41) is 18.6. The summed E-state index contributed by atoms with van der Waals surface area (Å²) in [5.74, 6) is 0.536. The maximum absolute atomic E-state index is 12.5. The molecule has 0 spiro atoms. The third-order valence-corrected chi connectivity index (χ3v) is 3.89. The van der Waals surface area contributed by atoms with Crippen molar-refractivity contribution in [3.8, 4) is 0 Å². The lowest BCUT2D eigenvalue weighted by Crippen LogP contribution is -2.45. The Bertz CT molecular complexity index is 241. The van der Waals surface area contributed by atoms with Crippen molar-refractivity contribution >= 4 is 0 Å². The number of aliphatic hydroxyl groups is 2. The Morgan fingerprint density at radius 1 is 1.39 bits per heavy atom. The van der Waals surface area contributed by atoms with Gasteiger partial charge in [-0.1, -0.05) is 19.8 Å². The van der Waals surface area contributed by atoms with E-state index in [-0.39, 0.29) is 31.7 Å². The zero-order valence-electron chi connectivity index (χ0n) is 11.1. The van der Waals surface area contributed by atoms with Gasteiger partial charge in [0.25, 0.3) is 6.43 Å². The van der Waals surface area contributed by atoms with Gasteiger partial charge >= 0.3 is 0 Å². The van der Waals surface area contributed by atoms with Gasteiger partial charge in [-0.15, -0.1) is 0 Å². The molecule has 1 aliphatic carbocycles. The first-order valence-corrected chi connectivity index (χ1v) is 6.73. The van der Waals surface area contributed by atoms with Gasteiger partial charge in [0.05, 0.1) is 13.2 Å². The monoisotopic (exact) mass is 265 g/mol. The maximum Gasteiger partial charge on any atom is 0.251 e. The smallest absolute Gasteiger partial charge is 0.251 e. The predicted octanol–water partition coefficient (Wildman–Crippen LogP) is 1.73. The van der Waals surface area contributed by atoms with Crippen molar-refractivity contribution in [2.24, 2.45) is 11.3 Å². The Hall–Kier alpha value is -0.260. The molecular weight excluding hydrogens is 240 g/mol. The van der Waals surface area contributed by atoms with E-state index >= 15 is 0 Å². The summed E-state index contributed by atoms with van der Waals surface area (Å²) in [6, 6.07) is 0. The second-order valence-electron chi connectivity index (χ2n) is 5.71. The van der Waals surface area contributed by atoms with Crippen LogP contribution < -0.4 is 0 Å². The number of alkyl halides is 2. The Balaban J connectivity index is 2.62. The summed E-state index contributed by atoms with van der Waals surface area (Å²) in [7, 11) is 0. The van der Waals surface area contributed by atoms with Gasteiger partial charge in [-0.3, -0.25) is 4.90 Å². The number of nitrogens with zero attached hydrogens (tertiary/aromatic N) is 1. The molecule has 18 heavy (non-hydrogen) atoms. The summed E-state index contributed by atoms with van der Waals surface area (Å²) < 4.78 is 25.0. The Morgan fingerprint density at radius 3 is 2.61 bits per heavy atom. The first-order valence-electron chi connectivity index (χ1n) is 6.73. The van der Waals surface area contributed by atoms with Gasteiger partial charge in [-0.05, 0) is 18.8 Å². The normalized spacial score (nSPS) is 29.2. The molecule has 0 aromatic rings. The molecular formula is C13H25F2NO2. The highest BCUT2D eigenvalue weighted by Crippen LogP contribution is 2.39. The Labute approximate surface area is 108 Å². The molecule has 0 radical (unpaired) electrons. The van der Waals surface area contributed by atoms with Gasteiger partial charge in [0, 0.05) is 25.1 Å². The molecule has 0 amide bonds. The van der Waals surface area contributed by atoms with Gasteiger partial charge in [-0.25, -0.2) is 8.78 Å². The maximum atomic E-state index is 12.5. The van der Waals surface area contributed by atoms with E-state index in [4.69, 9.17) is 5.11 Å². The number of rotatable bonds is 7. The van der Waals surface area contributed by atoms with Crippen LogP contribution in [0.1, 0.15) is 32.6 Å². The molecule has 2 unspecified atom stereocenters. The standard InChI is InChI=1S/C13H25F2NO2/c1-11-3-2-4-13(7-11,10-18)9-16(5-6-17)8-12(14)15/h11-12,17-18H,2-10H2,1H3. The molecule has 0 bridgehead atoms. The van der Waals surface area contributed by atoms with E-state index in [1.165, 1.54) is 0 Å². The van der Waals surface area contributed by atoms with E-state index < -0.39 is 6.43 Å². The van der Waals surface area contributed by atoms with Crippen LogP contribution in [0.25, 0.3) is 0 Å². The molecule has 1 aliphatic rings. The zero-order chi connectivity index (χ0) is 13.6. The van der Waals surface area contributed by atoms with E-state index in [0.29, 0.717) is 12.5 Å². The summed E-state index contributed by atoms with van der Waals surface area (Å²) in [6.07, 6.45) is 1.57. The van der Waals surface area contributed by atoms with Crippen LogP contribution in [-0.4, -0.2) is 54.4 Å². The van der Waals surface area contributed by atoms with Crippen molar-refractivity contribution in [3.05, 3.63) is 0 Å². The van der Waals surface area contributed by atoms with Crippen LogP contribution in [0.4, 0.5) is 8.78 Å². The summed E-state index contributed by atoms with van der Waals surface area (Å²) in [5.41, 5.74) is -0.262. The molecule has 0 aromatic carbocycles. The molecule has 1 fully saturated rings. The minimum atomic E-state index is -2.40. The van der Waals surface area contributed by atoms with Crippen LogP contribution >= 0.6 is 0 Å². The van der Waals surface area contributed by atoms with E-state index in [1.54, 1.807) is 4.90 Å². The quantitative estimate of drug-likeness (QED) is 0.737. The number of hydrogen-bond donors (Lipinski definition) is 2. The van der Waals surface area contributed by atoms with Gasteiger partial charge in [-0.2, -0.15) is 0 Å².